The first kappa shape index (κ1) is 31.3. The van der Waals surface area contributed by atoms with E-state index < -0.39 is 15.9 Å². The van der Waals surface area contributed by atoms with Crippen molar-refractivity contribution in [2.45, 2.75) is 31.9 Å². The van der Waals surface area contributed by atoms with Crippen molar-refractivity contribution in [1.82, 2.24) is 9.97 Å². The molecule has 2 amide bonds. The number of carbonyl (C=O) groups excluding carboxylic acids is 1. The topological polar surface area (TPSA) is 132 Å². The zero-order chi connectivity index (χ0) is 32.2. The number of anilines is 4. The van der Waals surface area contributed by atoms with Gasteiger partial charge in [0, 0.05) is 40.5 Å². The quantitative estimate of drug-likeness (QED) is 0.152. The molecule has 0 saturated heterocycles. The summed E-state index contributed by atoms with van der Waals surface area (Å²) in [5.74, 6) is 1.36. The number of urea groups is 1. The minimum Gasteiger partial charge on any atom is -0.494 e. The molecule has 5 rings (SSSR count). The molecule has 0 bridgehead atoms. The van der Waals surface area contributed by atoms with Crippen LogP contribution in [-0.2, 0) is 21.0 Å². The standard InChI is InChI=1S/C34H35N5O5S/c1-34(2,3)23-19-22(21-45(5,41)42)31(43-4)28(20-23)38-33(40)37-27-15-16-29(26-14-10-9-13-25(26)27)44-30-17-18-35-32(39-30)36-24-11-7-6-8-12-24/h6-20H,21H2,1-5H3,(H,35,36,39)(H2,37,38,40). The van der Waals surface area contributed by atoms with Gasteiger partial charge in [0.2, 0.25) is 11.8 Å². The van der Waals surface area contributed by atoms with Gasteiger partial charge in [0.25, 0.3) is 0 Å². The van der Waals surface area contributed by atoms with Crippen LogP contribution in [0.2, 0.25) is 0 Å². The van der Waals surface area contributed by atoms with Gasteiger partial charge in [-0.2, -0.15) is 4.98 Å². The van der Waals surface area contributed by atoms with E-state index in [0.29, 0.717) is 40.3 Å². The molecule has 45 heavy (non-hydrogen) atoms. The highest BCUT2D eigenvalue weighted by Gasteiger charge is 2.23. The molecule has 0 aliphatic carbocycles. The normalized spacial score (nSPS) is 11.6. The summed E-state index contributed by atoms with van der Waals surface area (Å²) in [7, 11) is -1.92. The number of sulfone groups is 1. The van der Waals surface area contributed by atoms with E-state index in [0.717, 1.165) is 22.0 Å². The van der Waals surface area contributed by atoms with Gasteiger partial charge in [-0.25, -0.2) is 18.2 Å². The van der Waals surface area contributed by atoms with Gasteiger partial charge < -0.3 is 25.4 Å². The van der Waals surface area contributed by atoms with Crippen LogP contribution in [0.15, 0.2) is 91.1 Å². The molecule has 0 fully saturated rings. The lowest BCUT2D eigenvalue weighted by Crippen LogP contribution is -2.21. The van der Waals surface area contributed by atoms with Crippen LogP contribution in [0.4, 0.5) is 27.8 Å². The number of ether oxygens (including phenoxy) is 2. The number of hydrogen-bond acceptors (Lipinski definition) is 8. The number of methoxy groups -OCH3 is 1. The highest BCUT2D eigenvalue weighted by atomic mass is 32.2. The van der Waals surface area contributed by atoms with Crippen molar-refractivity contribution < 1.29 is 22.7 Å². The zero-order valence-electron chi connectivity index (χ0n) is 25.7. The lowest BCUT2D eigenvalue weighted by molar-refractivity contribution is 0.262. The number of nitrogens with one attached hydrogen (secondary N) is 3. The zero-order valence-corrected chi connectivity index (χ0v) is 26.5. The molecule has 0 saturated carbocycles. The van der Waals surface area contributed by atoms with Crippen molar-refractivity contribution in [2.75, 3.05) is 29.3 Å². The summed E-state index contributed by atoms with van der Waals surface area (Å²) in [4.78, 5) is 22.1. The Bertz CT molecular complexity index is 1960. The Morgan fingerprint density at radius 1 is 0.867 bits per heavy atom. The van der Waals surface area contributed by atoms with E-state index in [-0.39, 0.29) is 11.2 Å². The number of carbonyl (C=O) groups is 1. The third-order valence-corrected chi connectivity index (χ3v) is 7.74. The Morgan fingerprint density at radius 3 is 2.24 bits per heavy atom. The van der Waals surface area contributed by atoms with Gasteiger partial charge in [-0.1, -0.05) is 69.3 Å². The van der Waals surface area contributed by atoms with Crippen LogP contribution in [0.1, 0.15) is 31.9 Å². The Hall–Kier alpha value is -5.16. The third-order valence-electron chi connectivity index (χ3n) is 6.91. The Morgan fingerprint density at radius 2 is 1.56 bits per heavy atom. The summed E-state index contributed by atoms with van der Waals surface area (Å²) in [5.41, 5.74) is 2.79. The number of nitrogens with zero attached hydrogens (tertiary/aromatic N) is 2. The molecule has 3 N–H and O–H groups in total. The molecule has 1 aromatic heterocycles. The fourth-order valence-electron chi connectivity index (χ4n) is 4.81. The summed E-state index contributed by atoms with van der Waals surface area (Å²) in [6, 6.07) is 25.4. The highest BCUT2D eigenvalue weighted by molar-refractivity contribution is 7.89. The van der Waals surface area contributed by atoms with Crippen molar-refractivity contribution in [3.05, 3.63) is 102 Å². The van der Waals surface area contributed by atoms with E-state index in [4.69, 9.17) is 9.47 Å². The predicted octanol–water partition coefficient (Wildman–Crippen LogP) is 7.66. The summed E-state index contributed by atoms with van der Waals surface area (Å²) >= 11 is 0. The number of para-hydroxylation sites is 1. The number of fused-ring (bicyclic) bond motifs is 1. The molecule has 0 aliphatic rings. The lowest BCUT2D eigenvalue weighted by Gasteiger charge is -2.24. The van der Waals surface area contributed by atoms with Crippen LogP contribution in [0.25, 0.3) is 10.8 Å². The average Bonchev–Trinajstić information content (AvgIpc) is 2.98. The lowest BCUT2D eigenvalue weighted by atomic mass is 9.85. The number of rotatable bonds is 9. The first-order valence-corrected chi connectivity index (χ1v) is 16.3. The Labute approximate surface area is 262 Å². The molecule has 0 aliphatic heterocycles. The third kappa shape index (κ3) is 7.87. The minimum absolute atomic E-state index is 0.224. The van der Waals surface area contributed by atoms with Gasteiger partial charge in [-0.3, -0.25) is 0 Å². The van der Waals surface area contributed by atoms with Crippen molar-refractivity contribution in [2.24, 2.45) is 0 Å². The van der Waals surface area contributed by atoms with Crippen molar-refractivity contribution in [3.63, 3.8) is 0 Å². The van der Waals surface area contributed by atoms with E-state index in [1.165, 1.54) is 13.4 Å². The summed E-state index contributed by atoms with van der Waals surface area (Å²) < 4.78 is 36.1. The van der Waals surface area contributed by atoms with Crippen molar-refractivity contribution >= 4 is 49.7 Å². The first-order valence-electron chi connectivity index (χ1n) is 14.2. The van der Waals surface area contributed by atoms with Gasteiger partial charge >= 0.3 is 6.03 Å². The number of benzene rings is 4. The number of aromatic nitrogens is 2. The maximum absolute atomic E-state index is 13.4. The molecule has 0 radical (unpaired) electrons. The fraction of sp³-hybridized carbons (Fsp3) is 0.206. The number of amides is 2. The van der Waals surface area contributed by atoms with E-state index in [9.17, 15) is 13.2 Å². The molecule has 232 valence electrons. The van der Waals surface area contributed by atoms with Crippen molar-refractivity contribution in [1.29, 1.82) is 0 Å². The van der Waals surface area contributed by atoms with Crippen LogP contribution in [0.3, 0.4) is 0 Å². The second-order valence-electron chi connectivity index (χ2n) is 11.6. The van der Waals surface area contributed by atoms with E-state index in [1.807, 2.05) is 87.5 Å². The Balaban J connectivity index is 1.40. The highest BCUT2D eigenvalue weighted by Crippen LogP contribution is 2.37. The van der Waals surface area contributed by atoms with Gasteiger partial charge in [-0.05, 0) is 41.3 Å². The molecule has 0 spiro atoms. The van der Waals surface area contributed by atoms with Gasteiger partial charge in [-0.15, -0.1) is 0 Å². The molecule has 0 unspecified atom stereocenters. The monoisotopic (exact) mass is 625 g/mol. The van der Waals surface area contributed by atoms with Gasteiger partial charge in [0.1, 0.15) is 11.5 Å². The average molecular weight is 626 g/mol. The molecule has 4 aromatic carbocycles. The fourth-order valence-corrected chi connectivity index (χ4v) is 5.59. The van der Waals surface area contributed by atoms with Crippen LogP contribution < -0.4 is 25.4 Å². The van der Waals surface area contributed by atoms with Crippen LogP contribution in [-0.4, -0.2) is 37.8 Å². The van der Waals surface area contributed by atoms with Crippen LogP contribution in [0, 0.1) is 0 Å². The van der Waals surface area contributed by atoms with Gasteiger partial charge in [0.05, 0.1) is 24.2 Å². The smallest absolute Gasteiger partial charge is 0.323 e. The second kappa shape index (κ2) is 12.8. The molecular formula is C34H35N5O5S. The SMILES string of the molecule is COc1c(CS(C)(=O)=O)cc(C(C)(C)C)cc1NC(=O)Nc1ccc(Oc2ccnc(Nc3ccccc3)n2)c2ccccc12. The van der Waals surface area contributed by atoms with Crippen LogP contribution in [0.5, 0.6) is 17.4 Å². The Kier molecular flexibility index (Phi) is 8.92. The predicted molar refractivity (Wildman–Crippen MR) is 179 cm³/mol. The first-order chi connectivity index (χ1) is 21.4. The summed E-state index contributed by atoms with van der Waals surface area (Å²) in [6.45, 7) is 6.04. The number of hydrogen-bond donors (Lipinski definition) is 3. The van der Waals surface area contributed by atoms with Gasteiger partial charge in [0.15, 0.2) is 9.84 Å². The maximum atomic E-state index is 13.4. The largest absolute Gasteiger partial charge is 0.494 e. The van der Waals surface area contributed by atoms with Crippen molar-refractivity contribution in [3.8, 4) is 17.4 Å². The molecule has 11 heteroatoms. The molecule has 0 atom stereocenters. The molecule has 1 heterocycles. The summed E-state index contributed by atoms with van der Waals surface area (Å²) in [5, 5.41) is 10.5. The second-order valence-corrected chi connectivity index (χ2v) is 13.7. The van der Waals surface area contributed by atoms with E-state index in [1.54, 1.807) is 24.4 Å². The maximum Gasteiger partial charge on any atom is 0.323 e. The van der Waals surface area contributed by atoms with Crippen LogP contribution >= 0.6 is 0 Å². The molecule has 5 aromatic rings. The minimum atomic E-state index is -3.37. The molecule has 10 nitrogen and oxygen atoms in total. The van der Waals surface area contributed by atoms with E-state index >= 15 is 0 Å². The van der Waals surface area contributed by atoms with E-state index in [2.05, 4.69) is 25.9 Å². The molecular weight excluding hydrogens is 590 g/mol. The summed E-state index contributed by atoms with van der Waals surface area (Å²) in [6.07, 6.45) is 2.78.